The standard InChI is InChI=1S/C16H10F6N2O/c17-11-2-1-8(5-9(11)7-23)12-6-10(16(20,21)22)13-14(25)15(18,19)3-4-24(12)13/h1-2,5-6,14,25H,3-4H2. The largest absolute Gasteiger partial charge is 0.418 e. The maximum absolute atomic E-state index is 13.7. The minimum atomic E-state index is -4.96. The van der Waals surface area contributed by atoms with Crippen LogP contribution in [0.1, 0.15) is 29.3 Å². The summed E-state index contributed by atoms with van der Waals surface area (Å²) in [5.74, 6) is -4.54. The number of hydrogen-bond acceptors (Lipinski definition) is 2. The zero-order valence-corrected chi connectivity index (χ0v) is 12.4. The average molecular weight is 360 g/mol. The van der Waals surface area contributed by atoms with Crippen LogP contribution in [0.25, 0.3) is 11.3 Å². The summed E-state index contributed by atoms with van der Waals surface area (Å²) in [6.07, 6.45) is -8.41. The molecule has 132 valence electrons. The van der Waals surface area contributed by atoms with Crippen molar-refractivity contribution in [1.29, 1.82) is 5.26 Å². The van der Waals surface area contributed by atoms with E-state index < -0.39 is 48.2 Å². The van der Waals surface area contributed by atoms with Crippen LogP contribution >= 0.6 is 0 Å². The van der Waals surface area contributed by atoms with Crippen LogP contribution in [-0.4, -0.2) is 15.6 Å². The number of rotatable bonds is 1. The highest BCUT2D eigenvalue weighted by atomic mass is 19.4. The van der Waals surface area contributed by atoms with Crippen molar-refractivity contribution in [3.8, 4) is 17.3 Å². The molecule has 0 spiro atoms. The van der Waals surface area contributed by atoms with Gasteiger partial charge in [0.25, 0.3) is 5.92 Å². The lowest BCUT2D eigenvalue weighted by molar-refractivity contribution is -0.152. The molecule has 0 radical (unpaired) electrons. The number of fused-ring (bicyclic) bond motifs is 1. The molecule has 1 unspecified atom stereocenters. The van der Waals surface area contributed by atoms with Crippen molar-refractivity contribution in [2.45, 2.75) is 31.2 Å². The van der Waals surface area contributed by atoms with Crippen LogP contribution in [0.3, 0.4) is 0 Å². The molecular weight excluding hydrogens is 350 g/mol. The van der Waals surface area contributed by atoms with E-state index in [0.717, 1.165) is 22.8 Å². The van der Waals surface area contributed by atoms with Gasteiger partial charge in [0.1, 0.15) is 11.9 Å². The normalized spacial score (nSPS) is 19.4. The summed E-state index contributed by atoms with van der Waals surface area (Å²) in [5.41, 5.74) is -2.75. The van der Waals surface area contributed by atoms with E-state index in [0.29, 0.717) is 6.07 Å². The number of aliphatic hydroxyl groups excluding tert-OH is 1. The Balaban J connectivity index is 2.26. The predicted octanol–water partition coefficient (Wildman–Crippen LogP) is 4.26. The van der Waals surface area contributed by atoms with E-state index in [-0.39, 0.29) is 16.8 Å². The molecule has 0 fully saturated rings. The van der Waals surface area contributed by atoms with Crippen LogP contribution in [0.4, 0.5) is 26.3 Å². The molecule has 0 bridgehead atoms. The molecule has 2 heterocycles. The number of nitrogens with zero attached hydrogens (tertiary/aromatic N) is 2. The first-order chi connectivity index (χ1) is 11.6. The highest BCUT2D eigenvalue weighted by Gasteiger charge is 2.50. The smallest absolute Gasteiger partial charge is 0.381 e. The highest BCUT2D eigenvalue weighted by Crippen LogP contribution is 2.47. The second kappa shape index (κ2) is 5.52. The molecule has 1 aromatic heterocycles. The summed E-state index contributed by atoms with van der Waals surface area (Å²) in [4.78, 5) is 0. The topological polar surface area (TPSA) is 49.0 Å². The summed E-state index contributed by atoms with van der Waals surface area (Å²) < 4.78 is 81.6. The maximum Gasteiger partial charge on any atom is 0.418 e. The van der Waals surface area contributed by atoms with Crippen LogP contribution in [0.5, 0.6) is 0 Å². The average Bonchev–Trinajstić information content (AvgIpc) is 2.92. The van der Waals surface area contributed by atoms with E-state index in [1.165, 1.54) is 0 Å². The number of nitriles is 1. The quantitative estimate of drug-likeness (QED) is 0.773. The van der Waals surface area contributed by atoms with Crippen molar-refractivity contribution in [2.24, 2.45) is 0 Å². The molecule has 25 heavy (non-hydrogen) atoms. The molecule has 1 aromatic carbocycles. The molecule has 3 nitrogen and oxygen atoms in total. The summed E-state index contributed by atoms with van der Waals surface area (Å²) >= 11 is 0. The first kappa shape index (κ1) is 17.4. The van der Waals surface area contributed by atoms with E-state index in [1.807, 2.05) is 0 Å². The van der Waals surface area contributed by atoms with Gasteiger partial charge in [0.05, 0.1) is 16.8 Å². The fraction of sp³-hybridized carbons (Fsp3) is 0.312. The molecule has 0 aliphatic carbocycles. The fourth-order valence-corrected chi connectivity index (χ4v) is 2.93. The van der Waals surface area contributed by atoms with Gasteiger partial charge in [0, 0.05) is 18.7 Å². The van der Waals surface area contributed by atoms with E-state index >= 15 is 0 Å². The Morgan fingerprint density at radius 2 is 1.92 bits per heavy atom. The van der Waals surface area contributed by atoms with Gasteiger partial charge in [0.15, 0.2) is 6.10 Å². The minimum Gasteiger partial charge on any atom is -0.381 e. The summed E-state index contributed by atoms with van der Waals surface area (Å²) in [7, 11) is 0. The van der Waals surface area contributed by atoms with Gasteiger partial charge in [-0.1, -0.05) is 0 Å². The zero-order chi connectivity index (χ0) is 18.6. The van der Waals surface area contributed by atoms with Crippen LogP contribution in [0, 0.1) is 17.1 Å². The van der Waals surface area contributed by atoms with Gasteiger partial charge < -0.3 is 9.67 Å². The Morgan fingerprint density at radius 3 is 2.52 bits per heavy atom. The molecule has 0 amide bonds. The summed E-state index contributed by atoms with van der Waals surface area (Å²) in [6.45, 7) is -0.454. The Labute approximate surface area is 137 Å². The predicted molar refractivity (Wildman–Crippen MR) is 74.1 cm³/mol. The van der Waals surface area contributed by atoms with Gasteiger partial charge in [-0.15, -0.1) is 0 Å². The third kappa shape index (κ3) is 2.76. The maximum atomic E-state index is 13.7. The highest BCUT2D eigenvalue weighted by molar-refractivity contribution is 5.65. The van der Waals surface area contributed by atoms with Crippen molar-refractivity contribution in [2.75, 3.05) is 0 Å². The minimum absolute atomic E-state index is 0.0621. The van der Waals surface area contributed by atoms with Gasteiger partial charge in [-0.3, -0.25) is 0 Å². The molecular formula is C16H10F6N2O. The van der Waals surface area contributed by atoms with Crippen molar-refractivity contribution in [3.63, 3.8) is 0 Å². The molecule has 1 atom stereocenters. The number of aliphatic hydroxyl groups is 1. The molecule has 1 N–H and O–H groups in total. The SMILES string of the molecule is N#Cc1cc(-c2cc(C(F)(F)F)c3n2CCC(F)(F)C3O)ccc1F. The Kier molecular flexibility index (Phi) is 3.84. The lowest BCUT2D eigenvalue weighted by Gasteiger charge is -2.31. The fourth-order valence-electron chi connectivity index (χ4n) is 2.93. The number of halogens is 6. The van der Waals surface area contributed by atoms with Crippen LogP contribution in [0.2, 0.25) is 0 Å². The van der Waals surface area contributed by atoms with E-state index in [2.05, 4.69) is 0 Å². The number of hydrogen-bond donors (Lipinski definition) is 1. The molecule has 1 aliphatic rings. The summed E-state index contributed by atoms with van der Waals surface area (Å²) in [5, 5.41) is 18.6. The lowest BCUT2D eigenvalue weighted by atomic mass is 9.99. The van der Waals surface area contributed by atoms with Crippen molar-refractivity contribution in [3.05, 3.63) is 46.9 Å². The lowest BCUT2D eigenvalue weighted by Crippen LogP contribution is -2.36. The van der Waals surface area contributed by atoms with Gasteiger partial charge >= 0.3 is 6.18 Å². The summed E-state index contributed by atoms with van der Waals surface area (Å²) in [6, 6.07) is 5.30. The number of alkyl halides is 5. The number of benzene rings is 1. The second-order valence-electron chi connectivity index (χ2n) is 5.70. The Hall–Kier alpha value is -2.47. The van der Waals surface area contributed by atoms with E-state index in [4.69, 9.17) is 5.26 Å². The molecule has 0 saturated carbocycles. The molecule has 1 aliphatic heterocycles. The number of aromatic nitrogens is 1. The van der Waals surface area contributed by atoms with Crippen molar-refractivity contribution in [1.82, 2.24) is 4.57 Å². The third-order valence-corrected chi connectivity index (χ3v) is 4.15. The molecule has 2 aromatic rings. The molecule has 0 saturated heterocycles. The monoisotopic (exact) mass is 360 g/mol. The van der Waals surface area contributed by atoms with Crippen LogP contribution in [0.15, 0.2) is 24.3 Å². The second-order valence-corrected chi connectivity index (χ2v) is 5.70. The van der Waals surface area contributed by atoms with Gasteiger partial charge in [0.2, 0.25) is 0 Å². The van der Waals surface area contributed by atoms with Gasteiger partial charge in [-0.05, 0) is 29.8 Å². The van der Waals surface area contributed by atoms with Crippen LogP contribution in [-0.2, 0) is 12.7 Å². The molecule has 9 heteroatoms. The van der Waals surface area contributed by atoms with E-state index in [1.54, 1.807) is 6.07 Å². The van der Waals surface area contributed by atoms with Gasteiger partial charge in [-0.25, -0.2) is 13.2 Å². The Morgan fingerprint density at radius 1 is 1.24 bits per heavy atom. The third-order valence-electron chi connectivity index (χ3n) is 4.15. The van der Waals surface area contributed by atoms with Crippen molar-refractivity contribution < 1.29 is 31.4 Å². The van der Waals surface area contributed by atoms with Gasteiger partial charge in [-0.2, -0.15) is 18.4 Å². The molecule has 3 rings (SSSR count). The van der Waals surface area contributed by atoms with E-state index in [9.17, 15) is 31.4 Å². The van der Waals surface area contributed by atoms with Crippen molar-refractivity contribution >= 4 is 0 Å². The first-order valence-electron chi connectivity index (χ1n) is 7.13. The van der Waals surface area contributed by atoms with Crippen LogP contribution < -0.4 is 0 Å². The Bertz CT molecular complexity index is 878. The first-order valence-corrected chi connectivity index (χ1v) is 7.13. The zero-order valence-electron chi connectivity index (χ0n) is 12.4.